The van der Waals surface area contributed by atoms with Crippen LogP contribution in [0, 0.1) is 5.82 Å². The quantitative estimate of drug-likeness (QED) is 0.776. The van der Waals surface area contributed by atoms with E-state index in [1.165, 1.54) is 12.3 Å². The summed E-state index contributed by atoms with van der Waals surface area (Å²) in [6, 6.07) is 13.3. The number of nitrogens with one attached hydrogen (secondary N) is 1. The summed E-state index contributed by atoms with van der Waals surface area (Å²) >= 11 is 0. The lowest BCUT2D eigenvalue weighted by Crippen LogP contribution is -1.93. The Morgan fingerprint density at radius 2 is 1.95 bits per heavy atom. The van der Waals surface area contributed by atoms with E-state index < -0.39 is 0 Å². The molecule has 0 aliphatic heterocycles. The van der Waals surface area contributed by atoms with Gasteiger partial charge < -0.3 is 9.72 Å². The fourth-order valence-corrected chi connectivity index (χ4v) is 1.97. The second kappa shape index (κ2) is 5.20. The number of ether oxygens (including phenoxy) is 1. The van der Waals surface area contributed by atoms with Crippen molar-refractivity contribution in [2.45, 2.75) is 13.2 Å². The first kappa shape index (κ1) is 11.9. The molecule has 0 spiro atoms. The van der Waals surface area contributed by atoms with E-state index >= 15 is 0 Å². The zero-order chi connectivity index (χ0) is 13.1. The van der Waals surface area contributed by atoms with Crippen molar-refractivity contribution < 1.29 is 9.13 Å². The zero-order valence-corrected chi connectivity index (χ0v) is 10.3. The molecule has 0 fully saturated rings. The molecule has 1 N–H and O–H groups in total. The number of aromatic nitrogens is 2. The van der Waals surface area contributed by atoms with E-state index in [9.17, 15) is 4.39 Å². The highest BCUT2D eigenvalue weighted by atomic mass is 19.1. The summed E-state index contributed by atoms with van der Waals surface area (Å²) in [5, 5.41) is 0. The topological polar surface area (TPSA) is 37.9 Å². The predicted octanol–water partition coefficient (Wildman–Crippen LogP) is 3.42. The van der Waals surface area contributed by atoms with Gasteiger partial charge in [0.2, 0.25) is 0 Å². The van der Waals surface area contributed by atoms with Crippen molar-refractivity contribution in [3.63, 3.8) is 0 Å². The molecule has 1 aromatic carbocycles. The molecule has 0 saturated carbocycles. The Hall–Kier alpha value is -2.20. The summed E-state index contributed by atoms with van der Waals surface area (Å²) in [6.45, 7) is 1.00. The first-order valence-corrected chi connectivity index (χ1v) is 6.06. The summed E-state index contributed by atoms with van der Waals surface area (Å²) in [6.07, 6.45) is 1.21. The molecular weight excluding hydrogens is 243 g/mol. The number of rotatable bonds is 4. The predicted molar refractivity (Wildman–Crippen MR) is 71.0 cm³/mol. The normalized spacial score (nSPS) is 11.0. The van der Waals surface area contributed by atoms with E-state index in [0.717, 1.165) is 16.8 Å². The molecule has 0 radical (unpaired) electrons. The van der Waals surface area contributed by atoms with Crippen molar-refractivity contribution in [3.05, 3.63) is 65.7 Å². The second-order valence-corrected chi connectivity index (χ2v) is 4.36. The van der Waals surface area contributed by atoms with Gasteiger partial charge >= 0.3 is 0 Å². The first-order valence-electron chi connectivity index (χ1n) is 6.06. The van der Waals surface area contributed by atoms with Crippen LogP contribution in [0.25, 0.3) is 11.0 Å². The van der Waals surface area contributed by atoms with E-state index in [2.05, 4.69) is 9.97 Å². The third-order valence-electron chi connectivity index (χ3n) is 2.86. The number of aromatic amines is 1. The average molecular weight is 256 g/mol. The van der Waals surface area contributed by atoms with Crippen molar-refractivity contribution in [2.24, 2.45) is 0 Å². The average Bonchev–Trinajstić information content (AvgIpc) is 2.82. The minimum Gasteiger partial charge on any atom is -0.371 e. The molecule has 0 atom stereocenters. The zero-order valence-electron chi connectivity index (χ0n) is 10.3. The van der Waals surface area contributed by atoms with Gasteiger partial charge in [-0.1, -0.05) is 30.3 Å². The van der Waals surface area contributed by atoms with E-state index in [4.69, 9.17) is 4.74 Å². The minimum atomic E-state index is -0.342. The third-order valence-corrected chi connectivity index (χ3v) is 2.86. The Morgan fingerprint density at radius 1 is 1.11 bits per heavy atom. The molecule has 3 nitrogen and oxygen atoms in total. The van der Waals surface area contributed by atoms with Crippen LogP contribution in [0.3, 0.4) is 0 Å². The van der Waals surface area contributed by atoms with E-state index in [1.807, 2.05) is 36.4 Å². The van der Waals surface area contributed by atoms with Crippen molar-refractivity contribution in [2.75, 3.05) is 0 Å². The van der Waals surface area contributed by atoms with Crippen LogP contribution < -0.4 is 0 Å². The van der Waals surface area contributed by atoms with Gasteiger partial charge in [-0.25, -0.2) is 4.39 Å². The Kier molecular flexibility index (Phi) is 3.25. The summed E-state index contributed by atoms with van der Waals surface area (Å²) in [5.74, 6) is -0.342. The molecule has 2 heterocycles. The van der Waals surface area contributed by atoms with Gasteiger partial charge in [-0.3, -0.25) is 4.98 Å². The summed E-state index contributed by atoms with van der Waals surface area (Å²) < 4.78 is 18.6. The Morgan fingerprint density at radius 3 is 2.79 bits per heavy atom. The molecule has 19 heavy (non-hydrogen) atoms. The van der Waals surface area contributed by atoms with Gasteiger partial charge in [0.25, 0.3) is 0 Å². The van der Waals surface area contributed by atoms with Gasteiger partial charge in [0.15, 0.2) is 0 Å². The van der Waals surface area contributed by atoms with Crippen LogP contribution in [0.5, 0.6) is 0 Å². The molecule has 3 aromatic rings. The molecule has 4 heteroatoms. The van der Waals surface area contributed by atoms with E-state index in [0.29, 0.717) is 18.7 Å². The van der Waals surface area contributed by atoms with Crippen LogP contribution in [-0.2, 0) is 18.0 Å². The maximum Gasteiger partial charge on any atom is 0.143 e. The number of hydrogen-bond acceptors (Lipinski definition) is 2. The summed E-state index contributed by atoms with van der Waals surface area (Å²) in [7, 11) is 0. The van der Waals surface area contributed by atoms with Crippen LogP contribution in [0.2, 0.25) is 0 Å². The molecule has 0 amide bonds. The SMILES string of the molecule is Fc1cnc2cc(COCc3ccccc3)[nH]c2c1. The minimum absolute atomic E-state index is 0.342. The highest BCUT2D eigenvalue weighted by Crippen LogP contribution is 2.15. The van der Waals surface area contributed by atoms with Gasteiger partial charge in [-0.15, -0.1) is 0 Å². The van der Waals surface area contributed by atoms with Crippen molar-refractivity contribution in [1.82, 2.24) is 9.97 Å². The molecule has 0 bridgehead atoms. The van der Waals surface area contributed by atoms with Crippen molar-refractivity contribution >= 4 is 11.0 Å². The summed E-state index contributed by atoms with van der Waals surface area (Å²) in [4.78, 5) is 7.10. The largest absolute Gasteiger partial charge is 0.371 e. The smallest absolute Gasteiger partial charge is 0.143 e. The lowest BCUT2D eigenvalue weighted by atomic mass is 10.2. The molecule has 0 saturated heterocycles. The Balaban J connectivity index is 1.65. The number of H-pyrrole nitrogens is 1. The highest BCUT2D eigenvalue weighted by molar-refractivity contribution is 5.75. The molecule has 0 aliphatic rings. The van der Waals surface area contributed by atoms with Gasteiger partial charge in [0.1, 0.15) is 5.82 Å². The summed E-state index contributed by atoms with van der Waals surface area (Å²) in [5.41, 5.74) is 3.46. The number of nitrogens with zero attached hydrogens (tertiary/aromatic N) is 1. The maximum atomic E-state index is 13.0. The Bertz CT molecular complexity index is 679. The van der Waals surface area contributed by atoms with Crippen molar-refractivity contribution in [3.8, 4) is 0 Å². The number of pyridine rings is 1. The molecule has 3 rings (SSSR count). The van der Waals surface area contributed by atoms with Gasteiger partial charge in [-0.05, 0) is 11.6 Å². The first-order chi connectivity index (χ1) is 9.31. The van der Waals surface area contributed by atoms with Crippen LogP contribution in [0.1, 0.15) is 11.3 Å². The number of hydrogen-bond donors (Lipinski definition) is 1. The second-order valence-electron chi connectivity index (χ2n) is 4.36. The number of halogens is 1. The van der Waals surface area contributed by atoms with Gasteiger partial charge in [0, 0.05) is 11.8 Å². The Labute approximate surface area is 110 Å². The maximum absolute atomic E-state index is 13.0. The van der Waals surface area contributed by atoms with E-state index in [-0.39, 0.29) is 5.82 Å². The number of benzene rings is 1. The fourth-order valence-electron chi connectivity index (χ4n) is 1.97. The fraction of sp³-hybridized carbons (Fsp3) is 0.133. The highest BCUT2D eigenvalue weighted by Gasteiger charge is 2.03. The monoisotopic (exact) mass is 256 g/mol. The van der Waals surface area contributed by atoms with Gasteiger partial charge in [0.05, 0.1) is 30.4 Å². The van der Waals surface area contributed by atoms with Crippen LogP contribution in [-0.4, -0.2) is 9.97 Å². The van der Waals surface area contributed by atoms with Crippen molar-refractivity contribution in [1.29, 1.82) is 0 Å². The lowest BCUT2D eigenvalue weighted by Gasteiger charge is -2.02. The standard InChI is InChI=1S/C15H13FN2O/c16-12-6-15-14(17-8-12)7-13(18-15)10-19-9-11-4-2-1-3-5-11/h1-8,18H,9-10H2. The lowest BCUT2D eigenvalue weighted by molar-refractivity contribution is 0.105. The van der Waals surface area contributed by atoms with Gasteiger partial charge in [-0.2, -0.15) is 0 Å². The third kappa shape index (κ3) is 2.80. The number of fused-ring (bicyclic) bond motifs is 1. The van der Waals surface area contributed by atoms with Crippen LogP contribution in [0.15, 0.2) is 48.7 Å². The van der Waals surface area contributed by atoms with Crippen LogP contribution in [0.4, 0.5) is 4.39 Å². The molecule has 0 aliphatic carbocycles. The molecular formula is C15H13FN2O. The molecule has 0 unspecified atom stereocenters. The van der Waals surface area contributed by atoms with E-state index in [1.54, 1.807) is 0 Å². The molecule has 96 valence electrons. The van der Waals surface area contributed by atoms with Crippen LogP contribution >= 0.6 is 0 Å². The molecule has 2 aromatic heterocycles.